The fourth-order valence-electron chi connectivity index (χ4n) is 2.07. The van der Waals surface area contributed by atoms with E-state index in [1.807, 2.05) is 24.3 Å². The standard InChI is InChI=1S/C17H14Cl2N4O2/c1-24-16-5-2-12(8-22-23-10-20-21-11-23)6-17(16)25-9-13-3-4-14(18)7-15(13)19/h2-8,10-11H,9H2,1H3/b22-8+. The quantitative estimate of drug-likeness (QED) is 0.608. The summed E-state index contributed by atoms with van der Waals surface area (Å²) in [6, 6.07) is 10.8. The van der Waals surface area contributed by atoms with Gasteiger partial charge in [0.1, 0.15) is 19.3 Å². The number of hydrogen-bond donors (Lipinski definition) is 0. The number of ether oxygens (including phenoxy) is 2. The molecule has 0 unspecified atom stereocenters. The minimum Gasteiger partial charge on any atom is -0.493 e. The van der Waals surface area contributed by atoms with Gasteiger partial charge in [0.15, 0.2) is 11.5 Å². The van der Waals surface area contributed by atoms with Gasteiger partial charge in [0, 0.05) is 15.6 Å². The van der Waals surface area contributed by atoms with Crippen molar-refractivity contribution >= 4 is 29.4 Å². The first-order chi connectivity index (χ1) is 12.2. The number of rotatable bonds is 6. The topological polar surface area (TPSA) is 61.5 Å². The second-order valence-electron chi connectivity index (χ2n) is 5.02. The lowest BCUT2D eigenvalue weighted by molar-refractivity contribution is 0.284. The summed E-state index contributed by atoms with van der Waals surface area (Å²) >= 11 is 12.1. The van der Waals surface area contributed by atoms with E-state index < -0.39 is 0 Å². The van der Waals surface area contributed by atoms with Crippen LogP contribution in [0.3, 0.4) is 0 Å². The number of benzene rings is 2. The van der Waals surface area contributed by atoms with Crippen LogP contribution in [0.2, 0.25) is 10.0 Å². The van der Waals surface area contributed by atoms with Crippen LogP contribution in [0.4, 0.5) is 0 Å². The summed E-state index contributed by atoms with van der Waals surface area (Å²) in [6.07, 6.45) is 4.67. The summed E-state index contributed by atoms with van der Waals surface area (Å²) in [7, 11) is 1.59. The van der Waals surface area contributed by atoms with Gasteiger partial charge in [-0.3, -0.25) is 0 Å². The average Bonchev–Trinajstić information content (AvgIpc) is 3.13. The summed E-state index contributed by atoms with van der Waals surface area (Å²) in [5, 5.41) is 12.7. The Morgan fingerprint density at radius 1 is 1.08 bits per heavy atom. The van der Waals surface area contributed by atoms with Crippen LogP contribution >= 0.6 is 23.2 Å². The smallest absolute Gasteiger partial charge is 0.162 e. The zero-order chi connectivity index (χ0) is 17.6. The van der Waals surface area contributed by atoms with E-state index in [2.05, 4.69) is 15.3 Å². The molecule has 1 aromatic heterocycles. The third-order valence-electron chi connectivity index (χ3n) is 3.33. The molecule has 25 heavy (non-hydrogen) atoms. The Morgan fingerprint density at radius 2 is 1.88 bits per heavy atom. The molecule has 128 valence electrons. The fourth-order valence-corrected chi connectivity index (χ4v) is 2.53. The number of methoxy groups -OCH3 is 1. The summed E-state index contributed by atoms with van der Waals surface area (Å²) in [4.78, 5) is 0. The molecular formula is C17H14Cl2N4O2. The molecular weight excluding hydrogens is 363 g/mol. The van der Waals surface area contributed by atoms with Crippen molar-refractivity contribution in [2.75, 3.05) is 7.11 Å². The maximum absolute atomic E-state index is 6.18. The molecule has 0 fully saturated rings. The van der Waals surface area contributed by atoms with Gasteiger partial charge in [-0.2, -0.15) is 5.10 Å². The summed E-state index contributed by atoms with van der Waals surface area (Å²) < 4.78 is 12.7. The minimum atomic E-state index is 0.290. The Bertz CT molecular complexity index is 882. The highest BCUT2D eigenvalue weighted by Crippen LogP contribution is 2.29. The molecule has 0 N–H and O–H groups in total. The van der Waals surface area contributed by atoms with Gasteiger partial charge in [0.25, 0.3) is 0 Å². The van der Waals surface area contributed by atoms with E-state index in [1.165, 1.54) is 17.3 Å². The lowest BCUT2D eigenvalue weighted by atomic mass is 10.2. The third-order valence-corrected chi connectivity index (χ3v) is 3.92. The van der Waals surface area contributed by atoms with Crippen molar-refractivity contribution in [3.05, 3.63) is 70.2 Å². The monoisotopic (exact) mass is 376 g/mol. The van der Waals surface area contributed by atoms with Crippen molar-refractivity contribution in [3.63, 3.8) is 0 Å². The Hall–Kier alpha value is -2.57. The van der Waals surface area contributed by atoms with E-state index >= 15 is 0 Å². The Labute approximate surface area is 154 Å². The molecule has 0 saturated heterocycles. The van der Waals surface area contributed by atoms with E-state index in [1.54, 1.807) is 25.5 Å². The van der Waals surface area contributed by atoms with Crippen LogP contribution in [0.1, 0.15) is 11.1 Å². The van der Waals surface area contributed by atoms with Crippen molar-refractivity contribution < 1.29 is 9.47 Å². The predicted octanol–water partition coefficient (Wildman–Crippen LogP) is 4.05. The highest BCUT2D eigenvalue weighted by molar-refractivity contribution is 6.35. The molecule has 3 aromatic rings. The van der Waals surface area contributed by atoms with Gasteiger partial charge >= 0.3 is 0 Å². The molecule has 0 aliphatic rings. The number of hydrogen-bond acceptors (Lipinski definition) is 5. The van der Waals surface area contributed by atoms with Gasteiger partial charge in [-0.1, -0.05) is 29.3 Å². The number of nitrogens with zero attached hydrogens (tertiary/aromatic N) is 4. The van der Waals surface area contributed by atoms with Crippen molar-refractivity contribution in [3.8, 4) is 11.5 Å². The van der Waals surface area contributed by atoms with Crippen molar-refractivity contribution in [1.82, 2.24) is 14.9 Å². The zero-order valence-electron chi connectivity index (χ0n) is 13.3. The van der Waals surface area contributed by atoms with Crippen LogP contribution < -0.4 is 9.47 Å². The normalized spacial score (nSPS) is 11.0. The van der Waals surface area contributed by atoms with E-state index in [-0.39, 0.29) is 0 Å². The first-order valence-electron chi connectivity index (χ1n) is 7.29. The van der Waals surface area contributed by atoms with Crippen molar-refractivity contribution in [2.45, 2.75) is 6.61 Å². The second-order valence-corrected chi connectivity index (χ2v) is 5.86. The van der Waals surface area contributed by atoms with Gasteiger partial charge in [0.05, 0.1) is 13.3 Å². The maximum Gasteiger partial charge on any atom is 0.162 e. The number of aromatic nitrogens is 3. The molecule has 0 bridgehead atoms. The fraction of sp³-hybridized carbons (Fsp3) is 0.118. The van der Waals surface area contributed by atoms with Crippen LogP contribution in [0.15, 0.2) is 54.2 Å². The van der Waals surface area contributed by atoms with Crippen LogP contribution in [-0.2, 0) is 6.61 Å². The Kier molecular flexibility index (Phi) is 5.53. The molecule has 0 aliphatic carbocycles. The first-order valence-corrected chi connectivity index (χ1v) is 8.05. The van der Waals surface area contributed by atoms with Crippen LogP contribution in [0, 0.1) is 0 Å². The van der Waals surface area contributed by atoms with Gasteiger partial charge in [0.2, 0.25) is 0 Å². The van der Waals surface area contributed by atoms with E-state index in [0.29, 0.717) is 28.2 Å². The summed E-state index contributed by atoms with van der Waals surface area (Å²) in [5.41, 5.74) is 1.67. The zero-order valence-corrected chi connectivity index (χ0v) is 14.8. The van der Waals surface area contributed by atoms with E-state index in [9.17, 15) is 0 Å². The van der Waals surface area contributed by atoms with Crippen molar-refractivity contribution in [2.24, 2.45) is 5.10 Å². The Morgan fingerprint density at radius 3 is 2.60 bits per heavy atom. The first kappa shape index (κ1) is 17.3. The molecule has 3 rings (SSSR count). The highest BCUT2D eigenvalue weighted by atomic mass is 35.5. The Balaban J connectivity index is 1.78. The molecule has 0 amide bonds. The van der Waals surface area contributed by atoms with E-state index in [0.717, 1.165) is 11.1 Å². The lowest BCUT2D eigenvalue weighted by Gasteiger charge is -2.12. The summed E-state index contributed by atoms with van der Waals surface area (Å²) in [6.45, 7) is 0.290. The van der Waals surface area contributed by atoms with Gasteiger partial charge < -0.3 is 9.47 Å². The van der Waals surface area contributed by atoms with Crippen LogP contribution in [-0.4, -0.2) is 28.2 Å². The van der Waals surface area contributed by atoms with Gasteiger partial charge in [-0.05, 0) is 35.9 Å². The van der Waals surface area contributed by atoms with Crippen LogP contribution in [0.25, 0.3) is 0 Å². The summed E-state index contributed by atoms with van der Waals surface area (Å²) in [5.74, 6) is 1.20. The van der Waals surface area contributed by atoms with Gasteiger partial charge in [-0.25, -0.2) is 4.68 Å². The largest absolute Gasteiger partial charge is 0.493 e. The SMILES string of the molecule is COc1ccc(/C=N/n2cnnc2)cc1OCc1ccc(Cl)cc1Cl. The molecule has 1 heterocycles. The molecule has 8 heteroatoms. The molecule has 6 nitrogen and oxygen atoms in total. The van der Waals surface area contributed by atoms with E-state index in [4.69, 9.17) is 32.7 Å². The van der Waals surface area contributed by atoms with Crippen LogP contribution in [0.5, 0.6) is 11.5 Å². The van der Waals surface area contributed by atoms with Crippen molar-refractivity contribution in [1.29, 1.82) is 0 Å². The molecule has 0 atom stereocenters. The molecule has 0 spiro atoms. The second kappa shape index (κ2) is 8.00. The van der Waals surface area contributed by atoms with Gasteiger partial charge in [-0.15, -0.1) is 10.2 Å². The molecule has 0 aliphatic heterocycles. The molecule has 0 saturated carbocycles. The lowest BCUT2D eigenvalue weighted by Crippen LogP contribution is -1.99. The number of halogens is 2. The minimum absolute atomic E-state index is 0.290. The average molecular weight is 377 g/mol. The molecule has 2 aromatic carbocycles. The highest BCUT2D eigenvalue weighted by Gasteiger charge is 2.08. The predicted molar refractivity (Wildman–Crippen MR) is 96.8 cm³/mol. The third kappa shape index (κ3) is 4.49. The maximum atomic E-state index is 6.18. The molecule has 0 radical (unpaired) electrons.